The minimum absolute atomic E-state index is 0.189. The molecular formula is C7H10F3NO. The number of alkyl halides is 3. The van der Waals surface area contributed by atoms with Gasteiger partial charge in [0.05, 0.1) is 5.54 Å². The van der Waals surface area contributed by atoms with Crippen LogP contribution in [-0.4, -0.2) is 17.8 Å². The van der Waals surface area contributed by atoms with E-state index in [1.165, 1.54) is 19.9 Å². The lowest BCUT2D eigenvalue weighted by Crippen LogP contribution is -2.20. The summed E-state index contributed by atoms with van der Waals surface area (Å²) in [6.07, 6.45) is -4.05. The lowest BCUT2D eigenvalue weighted by Gasteiger charge is -2.17. The Morgan fingerprint density at radius 2 is 1.75 bits per heavy atom. The lowest BCUT2D eigenvalue weighted by atomic mass is 9.99. The third-order valence-electron chi connectivity index (χ3n) is 1.37. The van der Waals surface area contributed by atoms with Gasteiger partial charge in [-0.3, -0.25) is 0 Å². The Morgan fingerprint density at radius 3 is 2.08 bits per heavy atom. The molecule has 0 amide bonds. The summed E-state index contributed by atoms with van der Waals surface area (Å²) in [6.45, 7) is 2.92. The van der Waals surface area contributed by atoms with Crippen molar-refractivity contribution in [1.29, 1.82) is 0 Å². The number of rotatable bonds is 3. The van der Waals surface area contributed by atoms with Gasteiger partial charge in [0.15, 0.2) is 0 Å². The van der Waals surface area contributed by atoms with Crippen LogP contribution in [0.3, 0.4) is 0 Å². The van der Waals surface area contributed by atoms with E-state index >= 15 is 0 Å². The first-order chi connectivity index (χ1) is 5.27. The SMILES string of the molecule is CC(C)(CCC(F)(F)F)N=C=O. The molecule has 5 heteroatoms. The average Bonchev–Trinajstić information content (AvgIpc) is 1.83. The molecule has 0 aromatic heterocycles. The van der Waals surface area contributed by atoms with Crippen molar-refractivity contribution in [2.75, 3.05) is 0 Å². The Hall–Kier alpha value is -0.830. The molecule has 0 atom stereocenters. The first-order valence-corrected chi connectivity index (χ1v) is 3.43. The third kappa shape index (κ3) is 5.92. The molecule has 0 unspecified atom stereocenters. The van der Waals surface area contributed by atoms with Gasteiger partial charge in [0.2, 0.25) is 6.08 Å². The molecule has 2 nitrogen and oxygen atoms in total. The molecule has 0 N–H and O–H groups in total. The highest BCUT2D eigenvalue weighted by molar-refractivity contribution is 5.34. The lowest BCUT2D eigenvalue weighted by molar-refractivity contribution is -0.137. The quantitative estimate of drug-likeness (QED) is 0.485. The van der Waals surface area contributed by atoms with Crippen molar-refractivity contribution in [2.45, 2.75) is 38.4 Å². The Balaban J connectivity index is 4.00. The van der Waals surface area contributed by atoms with Crippen LogP contribution in [0, 0.1) is 0 Å². The van der Waals surface area contributed by atoms with Crippen molar-refractivity contribution in [1.82, 2.24) is 0 Å². The van der Waals surface area contributed by atoms with Gasteiger partial charge in [0.1, 0.15) is 0 Å². The van der Waals surface area contributed by atoms with Gasteiger partial charge < -0.3 is 0 Å². The van der Waals surface area contributed by atoms with Gasteiger partial charge in [-0.2, -0.15) is 18.2 Å². The number of carbonyl (C=O) groups excluding carboxylic acids is 1. The summed E-state index contributed by atoms with van der Waals surface area (Å²) < 4.78 is 35.1. The van der Waals surface area contributed by atoms with Gasteiger partial charge in [0.25, 0.3) is 0 Å². The second kappa shape index (κ2) is 3.72. The Morgan fingerprint density at radius 1 is 1.25 bits per heavy atom. The van der Waals surface area contributed by atoms with E-state index in [0.29, 0.717) is 0 Å². The van der Waals surface area contributed by atoms with E-state index in [0.717, 1.165) is 0 Å². The van der Waals surface area contributed by atoms with Crippen LogP contribution < -0.4 is 0 Å². The molecular weight excluding hydrogens is 171 g/mol. The molecule has 0 aromatic carbocycles. The van der Waals surface area contributed by atoms with Gasteiger partial charge >= 0.3 is 6.18 Å². The Labute approximate surface area is 68.5 Å². The second-order valence-corrected chi connectivity index (χ2v) is 3.13. The van der Waals surface area contributed by atoms with E-state index in [1.807, 2.05) is 0 Å². The normalized spacial score (nSPS) is 12.4. The zero-order chi connectivity index (χ0) is 9.83. The maximum absolute atomic E-state index is 11.7. The van der Waals surface area contributed by atoms with Crippen molar-refractivity contribution >= 4 is 6.08 Å². The first kappa shape index (κ1) is 11.2. The molecule has 70 valence electrons. The molecule has 0 rings (SSSR count). The number of hydrogen-bond acceptors (Lipinski definition) is 2. The highest BCUT2D eigenvalue weighted by atomic mass is 19.4. The molecule has 0 aliphatic carbocycles. The fourth-order valence-electron chi connectivity index (χ4n) is 0.627. The first-order valence-electron chi connectivity index (χ1n) is 3.43. The molecule has 0 spiro atoms. The number of isocyanates is 1. The van der Waals surface area contributed by atoms with Crippen molar-refractivity contribution in [3.63, 3.8) is 0 Å². The molecule has 0 saturated heterocycles. The maximum atomic E-state index is 11.7. The van der Waals surface area contributed by atoms with Gasteiger partial charge in [-0.15, -0.1) is 0 Å². The van der Waals surface area contributed by atoms with E-state index in [9.17, 15) is 18.0 Å². The highest BCUT2D eigenvalue weighted by Gasteiger charge is 2.30. The summed E-state index contributed by atoms with van der Waals surface area (Å²) in [5, 5.41) is 0. The van der Waals surface area contributed by atoms with Crippen LogP contribution in [0.4, 0.5) is 13.2 Å². The molecule has 12 heavy (non-hydrogen) atoms. The summed E-state index contributed by atoms with van der Waals surface area (Å²) >= 11 is 0. The van der Waals surface area contributed by atoms with Crippen LogP contribution in [0.15, 0.2) is 4.99 Å². The van der Waals surface area contributed by atoms with Crippen molar-refractivity contribution < 1.29 is 18.0 Å². The Bertz CT molecular complexity index is 191. The van der Waals surface area contributed by atoms with E-state index in [4.69, 9.17) is 0 Å². The van der Waals surface area contributed by atoms with Crippen molar-refractivity contribution in [3.8, 4) is 0 Å². The van der Waals surface area contributed by atoms with Crippen LogP contribution in [0.5, 0.6) is 0 Å². The molecule has 0 saturated carbocycles. The molecule has 0 radical (unpaired) electrons. The summed E-state index contributed by atoms with van der Waals surface area (Å²) in [5.41, 5.74) is -0.961. The molecule has 0 aliphatic heterocycles. The van der Waals surface area contributed by atoms with Crippen LogP contribution >= 0.6 is 0 Å². The molecule has 0 fully saturated rings. The fourth-order valence-corrected chi connectivity index (χ4v) is 0.627. The zero-order valence-corrected chi connectivity index (χ0v) is 6.90. The Kier molecular flexibility index (Phi) is 3.46. The minimum atomic E-state index is -4.18. The van der Waals surface area contributed by atoms with Crippen LogP contribution in [0.2, 0.25) is 0 Å². The molecule has 0 aliphatic rings. The number of nitrogens with zero attached hydrogens (tertiary/aromatic N) is 1. The van der Waals surface area contributed by atoms with Crippen molar-refractivity contribution in [3.05, 3.63) is 0 Å². The number of hydrogen-bond donors (Lipinski definition) is 0. The predicted octanol–water partition coefficient (Wildman–Crippen LogP) is 2.44. The summed E-state index contributed by atoms with van der Waals surface area (Å²) in [4.78, 5) is 13.0. The largest absolute Gasteiger partial charge is 0.389 e. The second-order valence-electron chi connectivity index (χ2n) is 3.13. The average molecular weight is 181 g/mol. The van der Waals surface area contributed by atoms with Crippen LogP contribution in [0.1, 0.15) is 26.7 Å². The van der Waals surface area contributed by atoms with E-state index in [-0.39, 0.29) is 6.42 Å². The zero-order valence-electron chi connectivity index (χ0n) is 6.90. The van der Waals surface area contributed by atoms with Crippen LogP contribution in [-0.2, 0) is 4.79 Å². The molecule has 0 heterocycles. The summed E-state index contributed by atoms with van der Waals surface area (Å²) in [5.74, 6) is 0. The highest BCUT2D eigenvalue weighted by Crippen LogP contribution is 2.27. The monoisotopic (exact) mass is 181 g/mol. The fraction of sp³-hybridized carbons (Fsp3) is 0.857. The summed E-state index contributed by atoms with van der Waals surface area (Å²) in [6, 6.07) is 0. The molecule has 0 aromatic rings. The number of halogens is 3. The third-order valence-corrected chi connectivity index (χ3v) is 1.37. The summed E-state index contributed by atoms with van der Waals surface area (Å²) in [7, 11) is 0. The molecule has 0 bridgehead atoms. The maximum Gasteiger partial charge on any atom is 0.389 e. The predicted molar refractivity (Wildman–Crippen MR) is 37.5 cm³/mol. The van der Waals surface area contributed by atoms with Crippen LogP contribution in [0.25, 0.3) is 0 Å². The van der Waals surface area contributed by atoms with Gasteiger partial charge in [-0.25, -0.2) is 4.79 Å². The van der Waals surface area contributed by atoms with Gasteiger partial charge in [-0.1, -0.05) is 0 Å². The van der Waals surface area contributed by atoms with Gasteiger partial charge in [0, 0.05) is 6.42 Å². The topological polar surface area (TPSA) is 29.4 Å². The van der Waals surface area contributed by atoms with Crippen molar-refractivity contribution in [2.24, 2.45) is 4.99 Å². The van der Waals surface area contributed by atoms with E-state index in [2.05, 4.69) is 4.99 Å². The van der Waals surface area contributed by atoms with Gasteiger partial charge in [-0.05, 0) is 20.3 Å². The van der Waals surface area contributed by atoms with E-state index in [1.54, 1.807) is 0 Å². The smallest absolute Gasteiger partial charge is 0.211 e. The minimum Gasteiger partial charge on any atom is -0.211 e. The van der Waals surface area contributed by atoms with E-state index < -0.39 is 18.1 Å². The standard InChI is InChI=1S/C7H10F3NO/c1-6(2,11-5-12)3-4-7(8,9)10/h3-4H2,1-2H3. The number of aliphatic imine (C=N–C) groups is 1.